The van der Waals surface area contributed by atoms with Gasteiger partial charge in [-0.25, -0.2) is 0 Å². The Balaban J connectivity index is 1.70. The van der Waals surface area contributed by atoms with Crippen molar-refractivity contribution in [2.24, 2.45) is 0 Å². The molecule has 0 bridgehead atoms. The van der Waals surface area contributed by atoms with Crippen LogP contribution < -0.4 is 5.32 Å². The van der Waals surface area contributed by atoms with Gasteiger partial charge in [-0.15, -0.1) is 0 Å². The molecule has 2 aromatic rings. The van der Waals surface area contributed by atoms with E-state index in [2.05, 4.69) is 76.7 Å². The number of rotatable bonds is 3. The molecule has 0 aromatic heterocycles. The molecule has 0 aliphatic heterocycles. The van der Waals surface area contributed by atoms with Crippen LogP contribution in [0.4, 0.5) is 0 Å². The zero-order valence-corrected chi connectivity index (χ0v) is 13.4. The minimum Gasteiger partial charge on any atom is -0.307 e. The summed E-state index contributed by atoms with van der Waals surface area (Å²) in [5.74, 6) is 0. The van der Waals surface area contributed by atoms with Crippen molar-refractivity contribution in [2.75, 3.05) is 0 Å². The molecule has 1 aliphatic rings. The minimum atomic E-state index is 0.408. The van der Waals surface area contributed by atoms with Gasteiger partial charge >= 0.3 is 0 Å². The predicted molar refractivity (Wildman–Crippen MR) is 87.9 cm³/mol. The van der Waals surface area contributed by atoms with E-state index in [9.17, 15) is 0 Å². The molecule has 2 heteroatoms. The maximum atomic E-state index is 3.78. The summed E-state index contributed by atoms with van der Waals surface area (Å²) in [5, 5.41) is 3.78. The van der Waals surface area contributed by atoms with Gasteiger partial charge in [0, 0.05) is 16.6 Å². The molecule has 1 aliphatic carbocycles. The lowest BCUT2D eigenvalue weighted by Gasteiger charge is -2.29. The van der Waals surface area contributed by atoms with E-state index in [0.717, 1.165) is 6.42 Å². The molecule has 0 saturated heterocycles. The average molecular weight is 330 g/mol. The fourth-order valence-electron chi connectivity index (χ4n) is 3.08. The third-order valence-electron chi connectivity index (χ3n) is 4.21. The van der Waals surface area contributed by atoms with Crippen LogP contribution in [0.15, 0.2) is 53.0 Å². The first-order chi connectivity index (χ1) is 9.74. The Morgan fingerprint density at radius 1 is 1.10 bits per heavy atom. The lowest BCUT2D eigenvalue weighted by molar-refractivity contribution is 0.413. The predicted octanol–water partition coefficient (Wildman–Crippen LogP) is 4.66. The second-order valence-electron chi connectivity index (χ2n) is 5.62. The molecule has 1 nitrogen and oxygen atoms in total. The quantitative estimate of drug-likeness (QED) is 0.863. The summed E-state index contributed by atoms with van der Waals surface area (Å²) < 4.78 is 1.26. The summed E-state index contributed by atoms with van der Waals surface area (Å²) in [6.07, 6.45) is 3.52. The molecule has 104 valence electrons. The lowest BCUT2D eigenvalue weighted by Crippen LogP contribution is -2.36. The van der Waals surface area contributed by atoms with Gasteiger partial charge in [-0.2, -0.15) is 0 Å². The first kappa shape index (κ1) is 13.8. The second kappa shape index (κ2) is 6.11. The highest BCUT2D eigenvalue weighted by Gasteiger charge is 2.21. The highest BCUT2D eigenvalue weighted by atomic mass is 79.9. The summed E-state index contributed by atoms with van der Waals surface area (Å²) in [7, 11) is 0. The van der Waals surface area contributed by atoms with Gasteiger partial charge in [-0.3, -0.25) is 0 Å². The Bertz CT molecular complexity index is 579. The van der Waals surface area contributed by atoms with Crippen molar-refractivity contribution in [2.45, 2.75) is 38.3 Å². The van der Waals surface area contributed by atoms with E-state index in [-0.39, 0.29) is 0 Å². The Morgan fingerprint density at radius 3 is 2.70 bits per heavy atom. The third-order valence-corrected chi connectivity index (χ3v) is 4.96. The van der Waals surface area contributed by atoms with Crippen molar-refractivity contribution in [1.29, 1.82) is 0 Å². The molecule has 20 heavy (non-hydrogen) atoms. The standard InChI is InChI=1S/C18H20BrN/c1-13(14-6-3-2-4-7-14)20-16-11-10-15-8-5-9-18(19)17(15)12-16/h2-9,13,16,20H,10-12H2,1H3/t13-,16+/m0/s1. The topological polar surface area (TPSA) is 12.0 Å². The van der Waals surface area contributed by atoms with Crippen LogP contribution in [-0.2, 0) is 12.8 Å². The molecule has 0 radical (unpaired) electrons. The number of fused-ring (bicyclic) bond motifs is 1. The van der Waals surface area contributed by atoms with Gasteiger partial charge in [0.05, 0.1) is 0 Å². The number of benzene rings is 2. The molecular formula is C18H20BrN. The van der Waals surface area contributed by atoms with Crippen molar-refractivity contribution in [3.8, 4) is 0 Å². The molecular weight excluding hydrogens is 310 g/mol. The molecule has 0 spiro atoms. The average Bonchev–Trinajstić information content (AvgIpc) is 2.49. The highest BCUT2D eigenvalue weighted by Crippen LogP contribution is 2.29. The molecule has 0 heterocycles. The lowest BCUT2D eigenvalue weighted by atomic mass is 9.88. The van der Waals surface area contributed by atoms with Gasteiger partial charge in [0.1, 0.15) is 0 Å². The molecule has 0 saturated carbocycles. The van der Waals surface area contributed by atoms with Gasteiger partial charge in [0.15, 0.2) is 0 Å². The third kappa shape index (κ3) is 2.97. The number of nitrogens with one attached hydrogen (secondary N) is 1. The molecule has 2 aromatic carbocycles. The Morgan fingerprint density at radius 2 is 1.90 bits per heavy atom. The molecule has 0 unspecified atom stereocenters. The Hall–Kier alpha value is -1.12. The number of halogens is 1. The molecule has 1 N–H and O–H groups in total. The van der Waals surface area contributed by atoms with Crippen LogP contribution in [0.1, 0.15) is 36.1 Å². The van der Waals surface area contributed by atoms with Crippen molar-refractivity contribution < 1.29 is 0 Å². The minimum absolute atomic E-state index is 0.408. The van der Waals surface area contributed by atoms with E-state index in [1.165, 1.54) is 34.0 Å². The van der Waals surface area contributed by atoms with E-state index >= 15 is 0 Å². The van der Waals surface area contributed by atoms with Crippen LogP contribution >= 0.6 is 15.9 Å². The van der Waals surface area contributed by atoms with Crippen molar-refractivity contribution in [1.82, 2.24) is 5.32 Å². The normalized spacial score (nSPS) is 19.4. The monoisotopic (exact) mass is 329 g/mol. The van der Waals surface area contributed by atoms with Crippen LogP contribution in [0.2, 0.25) is 0 Å². The van der Waals surface area contributed by atoms with Crippen LogP contribution in [0, 0.1) is 0 Å². The fraction of sp³-hybridized carbons (Fsp3) is 0.333. The fourth-order valence-corrected chi connectivity index (χ4v) is 3.65. The van der Waals surface area contributed by atoms with E-state index in [1.807, 2.05) is 0 Å². The number of aryl methyl sites for hydroxylation is 1. The summed E-state index contributed by atoms with van der Waals surface area (Å²) >= 11 is 3.69. The van der Waals surface area contributed by atoms with Gasteiger partial charge < -0.3 is 5.32 Å². The molecule has 3 rings (SSSR count). The Kier molecular flexibility index (Phi) is 4.23. The SMILES string of the molecule is C[C@H](N[C@@H]1CCc2cccc(Br)c2C1)c1ccccc1. The first-order valence-electron chi connectivity index (χ1n) is 7.31. The van der Waals surface area contributed by atoms with E-state index in [0.29, 0.717) is 12.1 Å². The second-order valence-corrected chi connectivity index (χ2v) is 6.47. The van der Waals surface area contributed by atoms with E-state index in [1.54, 1.807) is 0 Å². The van der Waals surface area contributed by atoms with Gasteiger partial charge in [-0.1, -0.05) is 58.4 Å². The van der Waals surface area contributed by atoms with Crippen LogP contribution in [0.25, 0.3) is 0 Å². The summed E-state index contributed by atoms with van der Waals surface area (Å²) in [6, 6.07) is 18.2. The highest BCUT2D eigenvalue weighted by molar-refractivity contribution is 9.10. The van der Waals surface area contributed by atoms with Crippen molar-refractivity contribution in [3.63, 3.8) is 0 Å². The maximum absolute atomic E-state index is 3.78. The number of hydrogen-bond acceptors (Lipinski definition) is 1. The first-order valence-corrected chi connectivity index (χ1v) is 8.10. The number of hydrogen-bond donors (Lipinski definition) is 1. The van der Waals surface area contributed by atoms with Crippen LogP contribution in [0.3, 0.4) is 0 Å². The van der Waals surface area contributed by atoms with Gasteiger partial charge in [0.25, 0.3) is 0 Å². The maximum Gasteiger partial charge on any atom is 0.0294 e. The van der Waals surface area contributed by atoms with Gasteiger partial charge in [-0.05, 0) is 48.9 Å². The van der Waals surface area contributed by atoms with Gasteiger partial charge in [0.2, 0.25) is 0 Å². The largest absolute Gasteiger partial charge is 0.307 e. The van der Waals surface area contributed by atoms with E-state index < -0.39 is 0 Å². The summed E-state index contributed by atoms with van der Waals surface area (Å²) in [5.41, 5.74) is 4.35. The Labute approximate surface area is 129 Å². The van der Waals surface area contributed by atoms with Crippen molar-refractivity contribution >= 4 is 15.9 Å². The van der Waals surface area contributed by atoms with Crippen molar-refractivity contribution in [3.05, 3.63) is 69.7 Å². The summed E-state index contributed by atoms with van der Waals surface area (Å²) in [4.78, 5) is 0. The summed E-state index contributed by atoms with van der Waals surface area (Å²) in [6.45, 7) is 2.25. The molecule has 0 amide bonds. The van der Waals surface area contributed by atoms with Crippen LogP contribution in [0.5, 0.6) is 0 Å². The molecule has 2 atom stereocenters. The van der Waals surface area contributed by atoms with E-state index in [4.69, 9.17) is 0 Å². The smallest absolute Gasteiger partial charge is 0.0294 e. The zero-order chi connectivity index (χ0) is 13.9. The molecule has 0 fully saturated rings. The van der Waals surface area contributed by atoms with Crippen LogP contribution in [-0.4, -0.2) is 6.04 Å². The zero-order valence-electron chi connectivity index (χ0n) is 11.8.